The summed E-state index contributed by atoms with van der Waals surface area (Å²) in [5, 5.41) is 0.0217. The van der Waals surface area contributed by atoms with Crippen LogP contribution in [0.5, 0.6) is 0 Å². The summed E-state index contributed by atoms with van der Waals surface area (Å²) in [6.07, 6.45) is 0. The van der Waals surface area contributed by atoms with Gasteiger partial charge in [0.2, 0.25) is 0 Å². The number of rotatable bonds is 6. The normalized spacial score (nSPS) is 12.3. The van der Waals surface area contributed by atoms with E-state index in [1.54, 1.807) is 27.7 Å². The molecule has 3 aromatic rings. The summed E-state index contributed by atoms with van der Waals surface area (Å²) in [5.74, 6) is -0.537. The van der Waals surface area contributed by atoms with Gasteiger partial charge in [0.15, 0.2) is 11.4 Å². The third-order valence-electron chi connectivity index (χ3n) is 4.08. The number of ether oxygens (including phenoxy) is 1. The first kappa shape index (κ1) is 18.3. The summed E-state index contributed by atoms with van der Waals surface area (Å²) in [6.45, 7) is 7.34. The van der Waals surface area contributed by atoms with Crippen LogP contribution >= 0.6 is 11.8 Å². The standard InChI is InChI=1S/C19H20N2O4S/c1-5-24-18(23)15-10(2)16(20-11(15)3)17(22)12(4)26-19-21-13-8-6-7-9-14(13)25-19/h6-9,12,20H,5H2,1-4H3. The van der Waals surface area contributed by atoms with Gasteiger partial charge in [-0.25, -0.2) is 9.78 Å². The molecule has 0 aliphatic carbocycles. The molecule has 1 N–H and O–H groups in total. The molecule has 0 fully saturated rings. The van der Waals surface area contributed by atoms with Gasteiger partial charge in [-0.3, -0.25) is 4.79 Å². The van der Waals surface area contributed by atoms with Crippen LogP contribution in [0.1, 0.15) is 46.0 Å². The lowest BCUT2D eigenvalue weighted by molar-refractivity contribution is 0.0525. The van der Waals surface area contributed by atoms with Crippen LogP contribution in [0, 0.1) is 13.8 Å². The fraction of sp³-hybridized carbons (Fsp3) is 0.316. The number of benzene rings is 1. The molecular formula is C19H20N2O4S. The predicted molar refractivity (Wildman–Crippen MR) is 99.9 cm³/mol. The Morgan fingerprint density at radius 1 is 1.31 bits per heavy atom. The Morgan fingerprint density at radius 2 is 2.04 bits per heavy atom. The van der Waals surface area contributed by atoms with E-state index < -0.39 is 11.2 Å². The van der Waals surface area contributed by atoms with E-state index in [2.05, 4.69) is 9.97 Å². The molecule has 1 unspecified atom stereocenters. The van der Waals surface area contributed by atoms with E-state index in [4.69, 9.17) is 9.15 Å². The third kappa shape index (κ3) is 3.39. The molecule has 6 nitrogen and oxygen atoms in total. The van der Waals surface area contributed by atoms with Gasteiger partial charge in [0, 0.05) is 5.69 Å². The smallest absolute Gasteiger partial charge is 0.340 e. The lowest BCUT2D eigenvalue weighted by atomic mass is 10.1. The molecule has 136 valence electrons. The van der Waals surface area contributed by atoms with Crippen molar-refractivity contribution in [1.29, 1.82) is 0 Å². The first-order valence-corrected chi connectivity index (χ1v) is 9.23. The number of thioether (sulfide) groups is 1. The summed E-state index contributed by atoms with van der Waals surface area (Å²) >= 11 is 1.25. The van der Waals surface area contributed by atoms with Gasteiger partial charge < -0.3 is 14.1 Å². The number of aromatic nitrogens is 2. The third-order valence-corrected chi connectivity index (χ3v) is 5.03. The van der Waals surface area contributed by atoms with Gasteiger partial charge in [-0.1, -0.05) is 23.9 Å². The molecule has 0 spiro atoms. The molecule has 26 heavy (non-hydrogen) atoms. The number of H-pyrrole nitrogens is 1. The second-order valence-corrected chi connectivity index (χ2v) is 7.21. The second-order valence-electron chi connectivity index (χ2n) is 5.92. The number of carbonyl (C=O) groups is 2. The second kappa shape index (κ2) is 7.37. The van der Waals surface area contributed by atoms with Crippen LogP contribution < -0.4 is 0 Å². The molecule has 3 rings (SSSR count). The number of Topliss-reactive ketones (excluding diaryl/α,β-unsaturated/α-hetero) is 1. The minimum absolute atomic E-state index is 0.117. The van der Waals surface area contributed by atoms with E-state index >= 15 is 0 Å². The molecule has 1 aromatic carbocycles. The molecular weight excluding hydrogens is 352 g/mol. The highest BCUT2D eigenvalue weighted by Crippen LogP contribution is 2.29. The van der Waals surface area contributed by atoms with E-state index in [-0.39, 0.29) is 12.4 Å². The molecule has 0 amide bonds. The summed E-state index contributed by atoms with van der Waals surface area (Å²) in [6, 6.07) is 7.46. The molecule has 0 saturated heterocycles. The minimum Gasteiger partial charge on any atom is -0.462 e. The van der Waals surface area contributed by atoms with Crippen molar-refractivity contribution in [3.8, 4) is 0 Å². The number of nitrogens with zero attached hydrogens (tertiary/aromatic N) is 1. The number of aryl methyl sites for hydroxylation is 1. The van der Waals surface area contributed by atoms with E-state index in [9.17, 15) is 9.59 Å². The zero-order chi connectivity index (χ0) is 18.8. The number of nitrogens with one attached hydrogen (secondary N) is 1. The highest BCUT2D eigenvalue weighted by molar-refractivity contribution is 8.00. The van der Waals surface area contributed by atoms with E-state index in [1.165, 1.54) is 11.8 Å². The molecule has 7 heteroatoms. The van der Waals surface area contributed by atoms with Crippen molar-refractivity contribution in [3.05, 3.63) is 46.8 Å². The minimum atomic E-state index is -0.421. The van der Waals surface area contributed by atoms with Crippen LogP contribution in [0.15, 0.2) is 33.9 Å². The summed E-state index contributed by atoms with van der Waals surface area (Å²) in [7, 11) is 0. The largest absolute Gasteiger partial charge is 0.462 e. The Balaban J connectivity index is 1.82. The van der Waals surface area contributed by atoms with Gasteiger partial charge in [-0.05, 0) is 45.4 Å². The van der Waals surface area contributed by atoms with Crippen molar-refractivity contribution in [3.63, 3.8) is 0 Å². The molecule has 1 atom stereocenters. The quantitative estimate of drug-likeness (QED) is 0.394. The van der Waals surface area contributed by atoms with Crippen molar-refractivity contribution < 1.29 is 18.7 Å². The zero-order valence-electron chi connectivity index (χ0n) is 15.1. The van der Waals surface area contributed by atoms with Gasteiger partial charge in [0.1, 0.15) is 5.52 Å². The van der Waals surface area contributed by atoms with Gasteiger partial charge in [0.05, 0.1) is 23.1 Å². The maximum absolute atomic E-state index is 12.9. The topological polar surface area (TPSA) is 85.2 Å². The van der Waals surface area contributed by atoms with Crippen LogP contribution in [-0.2, 0) is 4.74 Å². The Bertz CT molecular complexity index is 940. The SMILES string of the molecule is CCOC(=O)c1c(C)[nH]c(C(=O)C(C)Sc2nc3ccccc3o2)c1C. The first-order valence-electron chi connectivity index (χ1n) is 8.35. The van der Waals surface area contributed by atoms with Gasteiger partial charge in [-0.15, -0.1) is 0 Å². The van der Waals surface area contributed by atoms with E-state index in [0.29, 0.717) is 33.3 Å². The van der Waals surface area contributed by atoms with Crippen molar-refractivity contribution >= 4 is 34.6 Å². The number of fused-ring (bicyclic) bond motifs is 1. The Kier molecular flexibility index (Phi) is 5.18. The summed E-state index contributed by atoms with van der Waals surface area (Å²) in [5.41, 5.74) is 3.52. The summed E-state index contributed by atoms with van der Waals surface area (Å²) in [4.78, 5) is 32.4. The monoisotopic (exact) mass is 372 g/mol. The fourth-order valence-electron chi connectivity index (χ4n) is 2.82. The number of para-hydroxylation sites is 2. The van der Waals surface area contributed by atoms with Crippen LogP contribution in [0.3, 0.4) is 0 Å². The van der Waals surface area contributed by atoms with Gasteiger partial charge >= 0.3 is 5.97 Å². The first-order chi connectivity index (χ1) is 12.4. The Labute approximate surface area is 155 Å². The average Bonchev–Trinajstić information content (AvgIpc) is 3.14. The lowest BCUT2D eigenvalue weighted by Crippen LogP contribution is -2.15. The van der Waals surface area contributed by atoms with E-state index in [0.717, 1.165) is 5.52 Å². The highest BCUT2D eigenvalue weighted by Gasteiger charge is 2.27. The number of hydrogen-bond acceptors (Lipinski definition) is 6. The molecule has 0 aliphatic rings. The number of oxazole rings is 1. The Hall–Kier alpha value is -2.54. The number of carbonyl (C=O) groups excluding carboxylic acids is 2. The number of ketones is 1. The fourth-order valence-corrected chi connectivity index (χ4v) is 3.63. The van der Waals surface area contributed by atoms with Crippen LogP contribution in [0.4, 0.5) is 0 Å². The molecule has 2 aromatic heterocycles. The molecule has 0 aliphatic heterocycles. The van der Waals surface area contributed by atoms with Gasteiger partial charge in [-0.2, -0.15) is 0 Å². The van der Waals surface area contributed by atoms with E-state index in [1.807, 2.05) is 24.3 Å². The van der Waals surface area contributed by atoms with Crippen molar-refractivity contribution in [2.24, 2.45) is 0 Å². The Morgan fingerprint density at radius 3 is 2.73 bits per heavy atom. The number of esters is 1. The van der Waals surface area contributed by atoms with Crippen LogP contribution in [0.2, 0.25) is 0 Å². The summed E-state index contributed by atoms with van der Waals surface area (Å²) < 4.78 is 10.7. The molecule has 0 radical (unpaired) electrons. The zero-order valence-corrected chi connectivity index (χ0v) is 15.9. The lowest BCUT2D eigenvalue weighted by Gasteiger charge is -2.07. The highest BCUT2D eigenvalue weighted by atomic mass is 32.2. The molecule has 0 bridgehead atoms. The van der Waals surface area contributed by atoms with Crippen LogP contribution in [0.25, 0.3) is 11.1 Å². The van der Waals surface area contributed by atoms with Gasteiger partial charge in [0.25, 0.3) is 5.22 Å². The molecule has 0 saturated carbocycles. The predicted octanol–water partition coefficient (Wildman–Crippen LogP) is 4.31. The van der Waals surface area contributed by atoms with Crippen molar-refractivity contribution in [2.45, 2.75) is 38.2 Å². The van der Waals surface area contributed by atoms with Crippen molar-refractivity contribution in [2.75, 3.05) is 6.61 Å². The maximum atomic E-state index is 12.9. The number of aromatic amines is 1. The number of hydrogen-bond donors (Lipinski definition) is 1. The van der Waals surface area contributed by atoms with Crippen LogP contribution in [-0.4, -0.2) is 33.6 Å². The van der Waals surface area contributed by atoms with Crippen molar-refractivity contribution in [1.82, 2.24) is 9.97 Å². The molecule has 2 heterocycles. The average molecular weight is 372 g/mol. The maximum Gasteiger partial charge on any atom is 0.340 e.